The predicted molar refractivity (Wildman–Crippen MR) is 98.5 cm³/mol. The Morgan fingerprint density at radius 2 is 1.65 bits per heavy atom. The summed E-state index contributed by atoms with van der Waals surface area (Å²) < 4.78 is 10.5. The molecule has 0 spiro atoms. The van der Waals surface area contributed by atoms with Gasteiger partial charge in [0.15, 0.2) is 11.5 Å². The van der Waals surface area contributed by atoms with E-state index in [2.05, 4.69) is 0 Å². The van der Waals surface area contributed by atoms with E-state index >= 15 is 0 Å². The van der Waals surface area contributed by atoms with Crippen molar-refractivity contribution in [2.45, 2.75) is 5.92 Å². The largest absolute Gasteiger partial charge is 0.508 e. The first-order valence-corrected chi connectivity index (χ1v) is 7.82. The quantitative estimate of drug-likeness (QED) is 0.608. The van der Waals surface area contributed by atoms with Crippen LogP contribution in [0.4, 0.5) is 5.69 Å². The van der Waals surface area contributed by atoms with Crippen LogP contribution in [-0.2, 0) is 0 Å². The molecule has 0 aliphatic heterocycles. The van der Waals surface area contributed by atoms with Crippen LogP contribution in [0.2, 0.25) is 0 Å². The molecule has 1 unspecified atom stereocenters. The van der Waals surface area contributed by atoms with E-state index in [9.17, 15) is 15.6 Å². The van der Waals surface area contributed by atoms with Crippen molar-refractivity contribution >= 4 is 11.4 Å². The van der Waals surface area contributed by atoms with E-state index < -0.39 is 11.8 Å². The lowest BCUT2D eigenvalue weighted by Gasteiger charge is -2.17. The Labute approximate surface area is 152 Å². The number of benzene rings is 2. The van der Waals surface area contributed by atoms with E-state index in [0.29, 0.717) is 28.3 Å². The Bertz CT molecular complexity index is 863. The van der Waals surface area contributed by atoms with E-state index in [-0.39, 0.29) is 5.76 Å². The lowest BCUT2D eigenvalue weighted by atomic mass is 9.86. The molecule has 2 rings (SSSR count). The summed E-state index contributed by atoms with van der Waals surface area (Å²) in [6.45, 7) is 0. The molecule has 132 valence electrons. The molecule has 6 heteroatoms. The van der Waals surface area contributed by atoms with Gasteiger partial charge in [-0.15, -0.1) is 0 Å². The van der Waals surface area contributed by atoms with Gasteiger partial charge in [0.05, 0.1) is 26.4 Å². The summed E-state index contributed by atoms with van der Waals surface area (Å²) in [7, 11) is 3.03. The summed E-state index contributed by atoms with van der Waals surface area (Å²) in [5.74, 6) is -0.663. The second kappa shape index (κ2) is 8.46. The minimum Gasteiger partial charge on any atom is -0.508 e. The van der Waals surface area contributed by atoms with Crippen LogP contribution in [-0.4, -0.2) is 19.3 Å². The third kappa shape index (κ3) is 4.06. The molecule has 0 radical (unpaired) electrons. The normalized spacial score (nSPS) is 12.1. The molecule has 0 aromatic heterocycles. The number of anilines is 1. The Hall–Kier alpha value is -3.64. The first kappa shape index (κ1) is 18.7. The third-order valence-corrected chi connectivity index (χ3v) is 3.97. The van der Waals surface area contributed by atoms with Crippen molar-refractivity contribution in [3.63, 3.8) is 0 Å². The standard InChI is InChI=1S/C20H19N3O3/c1-25-19-8-5-14(9-20(19)26-2)17(15(11-21)12-22)10-18(24)13-3-6-16(23)7-4-13/h3-10,15,17,24H,23H2,1-2H3/b18-10-. The number of hydrogen-bond donors (Lipinski definition) is 2. The van der Waals surface area contributed by atoms with Crippen LogP contribution >= 0.6 is 0 Å². The molecular formula is C20H19N3O3. The number of nitrogens with two attached hydrogens (primary N) is 1. The summed E-state index contributed by atoms with van der Waals surface area (Å²) in [6, 6.07) is 15.7. The van der Waals surface area contributed by atoms with Crippen molar-refractivity contribution < 1.29 is 14.6 Å². The van der Waals surface area contributed by atoms with Crippen LogP contribution in [0.25, 0.3) is 5.76 Å². The smallest absolute Gasteiger partial charge is 0.161 e. The van der Waals surface area contributed by atoms with Crippen LogP contribution in [0.1, 0.15) is 17.0 Å². The number of ether oxygens (including phenoxy) is 2. The lowest BCUT2D eigenvalue weighted by molar-refractivity contribution is 0.354. The maximum atomic E-state index is 10.5. The van der Waals surface area contributed by atoms with E-state index in [4.69, 9.17) is 15.2 Å². The molecule has 0 bridgehead atoms. The van der Waals surface area contributed by atoms with E-state index in [0.717, 1.165) is 0 Å². The summed E-state index contributed by atoms with van der Waals surface area (Å²) in [5, 5.41) is 29.2. The van der Waals surface area contributed by atoms with Gasteiger partial charge in [0.1, 0.15) is 11.7 Å². The van der Waals surface area contributed by atoms with Crippen molar-refractivity contribution in [3.05, 3.63) is 59.7 Å². The number of methoxy groups -OCH3 is 2. The number of nitrogen functional groups attached to an aromatic ring is 1. The van der Waals surface area contributed by atoms with Gasteiger partial charge in [-0.2, -0.15) is 10.5 Å². The van der Waals surface area contributed by atoms with Gasteiger partial charge in [0.25, 0.3) is 0 Å². The monoisotopic (exact) mass is 349 g/mol. The van der Waals surface area contributed by atoms with Gasteiger partial charge in [-0.3, -0.25) is 0 Å². The number of allylic oxidation sites excluding steroid dienone is 1. The molecule has 0 heterocycles. The summed E-state index contributed by atoms with van der Waals surface area (Å²) in [4.78, 5) is 0. The van der Waals surface area contributed by atoms with Crippen molar-refractivity contribution in [2.75, 3.05) is 20.0 Å². The molecule has 0 fully saturated rings. The van der Waals surface area contributed by atoms with E-state index in [1.54, 1.807) is 42.5 Å². The Morgan fingerprint density at radius 3 is 2.19 bits per heavy atom. The van der Waals surface area contributed by atoms with Gasteiger partial charge < -0.3 is 20.3 Å². The zero-order valence-electron chi connectivity index (χ0n) is 14.5. The van der Waals surface area contributed by atoms with Crippen LogP contribution < -0.4 is 15.2 Å². The maximum absolute atomic E-state index is 10.5. The van der Waals surface area contributed by atoms with Crippen molar-refractivity contribution in [3.8, 4) is 23.6 Å². The molecule has 26 heavy (non-hydrogen) atoms. The van der Waals surface area contributed by atoms with Crippen LogP contribution in [0, 0.1) is 28.6 Å². The number of nitrogens with zero attached hydrogens (tertiary/aromatic N) is 2. The van der Waals surface area contributed by atoms with E-state index in [1.807, 2.05) is 12.1 Å². The zero-order valence-corrected chi connectivity index (χ0v) is 14.5. The molecule has 6 nitrogen and oxygen atoms in total. The van der Waals surface area contributed by atoms with E-state index in [1.165, 1.54) is 20.3 Å². The van der Waals surface area contributed by atoms with Gasteiger partial charge in [0.2, 0.25) is 0 Å². The Morgan fingerprint density at radius 1 is 1.04 bits per heavy atom. The number of hydrogen-bond acceptors (Lipinski definition) is 6. The Balaban J connectivity index is 2.51. The topological polar surface area (TPSA) is 112 Å². The van der Waals surface area contributed by atoms with Crippen molar-refractivity contribution in [2.24, 2.45) is 5.92 Å². The predicted octanol–water partition coefficient (Wildman–Crippen LogP) is 3.63. The van der Waals surface area contributed by atoms with Gasteiger partial charge in [-0.1, -0.05) is 6.07 Å². The summed E-state index contributed by atoms with van der Waals surface area (Å²) in [5.41, 5.74) is 7.42. The van der Waals surface area contributed by atoms with Gasteiger partial charge in [-0.25, -0.2) is 0 Å². The fourth-order valence-electron chi connectivity index (χ4n) is 2.55. The third-order valence-electron chi connectivity index (χ3n) is 3.97. The second-order valence-corrected chi connectivity index (χ2v) is 5.55. The Kier molecular flexibility index (Phi) is 6.08. The highest BCUT2D eigenvalue weighted by Gasteiger charge is 2.23. The molecule has 0 saturated carbocycles. The van der Waals surface area contributed by atoms with Gasteiger partial charge >= 0.3 is 0 Å². The molecule has 0 aliphatic rings. The second-order valence-electron chi connectivity index (χ2n) is 5.55. The first-order valence-electron chi connectivity index (χ1n) is 7.82. The zero-order chi connectivity index (χ0) is 19.1. The fraction of sp³-hybridized carbons (Fsp3) is 0.200. The van der Waals surface area contributed by atoms with Crippen LogP contribution in [0.3, 0.4) is 0 Å². The number of aliphatic hydroxyl groups excluding tert-OH is 1. The summed E-state index contributed by atoms with van der Waals surface area (Å²) >= 11 is 0. The molecule has 2 aromatic carbocycles. The SMILES string of the molecule is COc1ccc(C(/C=C(\O)c2ccc(N)cc2)C(C#N)C#N)cc1OC. The molecule has 2 aromatic rings. The van der Waals surface area contributed by atoms with Gasteiger partial charge in [-0.05, 0) is 48.0 Å². The molecule has 0 saturated heterocycles. The molecule has 1 atom stereocenters. The lowest BCUT2D eigenvalue weighted by Crippen LogP contribution is -2.09. The number of aliphatic hydroxyl groups is 1. The minimum atomic E-state index is -0.982. The number of nitriles is 2. The molecule has 3 N–H and O–H groups in total. The highest BCUT2D eigenvalue weighted by atomic mass is 16.5. The highest BCUT2D eigenvalue weighted by Crippen LogP contribution is 2.35. The molecular weight excluding hydrogens is 330 g/mol. The first-order chi connectivity index (χ1) is 12.5. The average Bonchev–Trinajstić information content (AvgIpc) is 2.67. The van der Waals surface area contributed by atoms with Crippen molar-refractivity contribution in [1.29, 1.82) is 10.5 Å². The van der Waals surface area contributed by atoms with Crippen LogP contribution in [0.15, 0.2) is 48.5 Å². The molecule has 0 aliphatic carbocycles. The minimum absolute atomic E-state index is 0.0414. The maximum Gasteiger partial charge on any atom is 0.161 e. The highest BCUT2D eigenvalue weighted by molar-refractivity contribution is 5.62. The molecule has 0 amide bonds. The average molecular weight is 349 g/mol. The fourth-order valence-corrected chi connectivity index (χ4v) is 2.55. The van der Waals surface area contributed by atoms with Crippen molar-refractivity contribution in [1.82, 2.24) is 0 Å². The summed E-state index contributed by atoms with van der Waals surface area (Å²) in [6.07, 6.45) is 1.49. The number of rotatable bonds is 6. The van der Waals surface area contributed by atoms with Gasteiger partial charge in [0, 0.05) is 17.2 Å². The van der Waals surface area contributed by atoms with Crippen LogP contribution in [0.5, 0.6) is 11.5 Å².